The molecule has 21 heavy (non-hydrogen) atoms. The van der Waals surface area contributed by atoms with E-state index in [1.165, 1.54) is 0 Å². The SMILES string of the molecule is C/C(=C(\C)c1ccc(Cl)cc1C)c1ncc(C(F)(F)F)[nH]1. The molecule has 2 rings (SSSR count). The van der Waals surface area contributed by atoms with Crippen LogP contribution in [0.25, 0.3) is 11.1 Å². The third-order valence-corrected chi connectivity index (χ3v) is 3.63. The van der Waals surface area contributed by atoms with Crippen molar-refractivity contribution < 1.29 is 13.2 Å². The lowest BCUT2D eigenvalue weighted by atomic mass is 9.98. The van der Waals surface area contributed by atoms with Crippen LogP contribution in [-0.2, 0) is 6.18 Å². The molecule has 2 aromatic rings. The Morgan fingerprint density at radius 1 is 1.19 bits per heavy atom. The molecular formula is C15H14ClF3N2. The van der Waals surface area contributed by atoms with Crippen LogP contribution in [0, 0.1) is 6.92 Å². The monoisotopic (exact) mass is 314 g/mol. The summed E-state index contributed by atoms with van der Waals surface area (Å²) in [4.78, 5) is 6.13. The molecule has 112 valence electrons. The van der Waals surface area contributed by atoms with Gasteiger partial charge in [-0.3, -0.25) is 0 Å². The van der Waals surface area contributed by atoms with Crippen molar-refractivity contribution in [3.05, 3.63) is 52.1 Å². The number of benzene rings is 1. The van der Waals surface area contributed by atoms with Crippen molar-refractivity contribution in [2.75, 3.05) is 0 Å². The summed E-state index contributed by atoms with van der Waals surface area (Å²) in [5.41, 5.74) is 2.56. The third kappa shape index (κ3) is 3.29. The van der Waals surface area contributed by atoms with Gasteiger partial charge in [-0.2, -0.15) is 13.2 Å². The number of aromatic amines is 1. The number of aromatic nitrogens is 2. The van der Waals surface area contributed by atoms with Crippen molar-refractivity contribution >= 4 is 22.7 Å². The van der Waals surface area contributed by atoms with Gasteiger partial charge < -0.3 is 4.98 Å². The van der Waals surface area contributed by atoms with Gasteiger partial charge in [0.2, 0.25) is 0 Å². The number of rotatable bonds is 2. The van der Waals surface area contributed by atoms with Crippen molar-refractivity contribution in [1.82, 2.24) is 9.97 Å². The van der Waals surface area contributed by atoms with E-state index < -0.39 is 11.9 Å². The van der Waals surface area contributed by atoms with Gasteiger partial charge in [0.15, 0.2) is 0 Å². The van der Waals surface area contributed by atoms with Crippen LogP contribution in [-0.4, -0.2) is 9.97 Å². The van der Waals surface area contributed by atoms with E-state index in [0.717, 1.165) is 22.9 Å². The summed E-state index contributed by atoms with van der Waals surface area (Å²) in [6.45, 7) is 5.49. The molecule has 2 nitrogen and oxygen atoms in total. The summed E-state index contributed by atoms with van der Waals surface area (Å²) in [5, 5.41) is 0.624. The second-order valence-corrected chi connectivity index (χ2v) is 5.29. The first-order valence-corrected chi connectivity index (χ1v) is 6.64. The Bertz CT molecular complexity index is 699. The Hall–Kier alpha value is -1.75. The number of aryl methyl sites for hydroxylation is 1. The normalized spacial score (nSPS) is 13.3. The van der Waals surface area contributed by atoms with Crippen LogP contribution in [0.15, 0.2) is 24.4 Å². The molecule has 0 amide bonds. The third-order valence-electron chi connectivity index (χ3n) is 3.39. The Labute approximate surface area is 125 Å². The van der Waals surface area contributed by atoms with Crippen molar-refractivity contribution in [3.63, 3.8) is 0 Å². The predicted molar refractivity (Wildman–Crippen MR) is 77.9 cm³/mol. The number of H-pyrrole nitrogens is 1. The largest absolute Gasteiger partial charge is 0.432 e. The van der Waals surface area contributed by atoms with Gasteiger partial charge in [0.1, 0.15) is 11.5 Å². The topological polar surface area (TPSA) is 28.7 Å². The number of allylic oxidation sites excluding steroid dienone is 2. The zero-order chi connectivity index (χ0) is 15.8. The van der Waals surface area contributed by atoms with E-state index >= 15 is 0 Å². The zero-order valence-corrected chi connectivity index (χ0v) is 12.5. The molecule has 1 N–H and O–H groups in total. The summed E-state index contributed by atoms with van der Waals surface area (Å²) in [6, 6.07) is 5.42. The molecule has 1 aromatic carbocycles. The van der Waals surface area contributed by atoms with Gasteiger partial charge >= 0.3 is 6.18 Å². The zero-order valence-electron chi connectivity index (χ0n) is 11.8. The highest BCUT2D eigenvalue weighted by Gasteiger charge is 2.33. The molecule has 0 aliphatic rings. The van der Waals surface area contributed by atoms with E-state index in [2.05, 4.69) is 9.97 Å². The molecule has 6 heteroatoms. The highest BCUT2D eigenvalue weighted by molar-refractivity contribution is 6.30. The van der Waals surface area contributed by atoms with E-state index in [9.17, 15) is 13.2 Å². The van der Waals surface area contributed by atoms with Crippen molar-refractivity contribution in [2.45, 2.75) is 26.9 Å². The van der Waals surface area contributed by atoms with Gasteiger partial charge in [-0.05, 0) is 55.2 Å². The first-order chi connectivity index (χ1) is 9.70. The lowest BCUT2D eigenvalue weighted by molar-refractivity contribution is -0.140. The van der Waals surface area contributed by atoms with Gasteiger partial charge in [0.05, 0.1) is 6.20 Å². The van der Waals surface area contributed by atoms with Crippen LogP contribution < -0.4 is 0 Å². The molecule has 0 atom stereocenters. The summed E-state index contributed by atoms with van der Waals surface area (Å²) < 4.78 is 37.8. The molecular weight excluding hydrogens is 301 g/mol. The van der Waals surface area contributed by atoms with E-state index in [1.54, 1.807) is 13.0 Å². The maximum atomic E-state index is 12.6. The highest BCUT2D eigenvalue weighted by atomic mass is 35.5. The lowest BCUT2D eigenvalue weighted by Crippen LogP contribution is -2.05. The van der Waals surface area contributed by atoms with Gasteiger partial charge in [-0.15, -0.1) is 0 Å². The molecule has 0 saturated carbocycles. The van der Waals surface area contributed by atoms with Crippen molar-refractivity contribution in [1.29, 1.82) is 0 Å². The van der Waals surface area contributed by atoms with Crippen LogP contribution in [0.1, 0.15) is 36.5 Å². The smallest absolute Gasteiger partial charge is 0.335 e. The number of hydrogen-bond donors (Lipinski definition) is 1. The summed E-state index contributed by atoms with van der Waals surface area (Å²) in [7, 11) is 0. The van der Waals surface area contributed by atoms with E-state index in [4.69, 9.17) is 11.6 Å². The average Bonchev–Trinajstić information content (AvgIpc) is 2.86. The van der Waals surface area contributed by atoms with Gasteiger partial charge in [-0.1, -0.05) is 17.7 Å². The minimum atomic E-state index is -4.42. The molecule has 0 saturated heterocycles. The van der Waals surface area contributed by atoms with Gasteiger partial charge in [0, 0.05) is 5.02 Å². The Morgan fingerprint density at radius 2 is 1.86 bits per heavy atom. The number of alkyl halides is 3. The minimum absolute atomic E-state index is 0.217. The molecule has 0 spiro atoms. The first kappa shape index (κ1) is 15.6. The lowest BCUT2D eigenvalue weighted by Gasteiger charge is -2.10. The average molecular weight is 315 g/mol. The van der Waals surface area contributed by atoms with E-state index in [1.807, 2.05) is 26.0 Å². The molecule has 1 aromatic heterocycles. The molecule has 0 fully saturated rings. The van der Waals surface area contributed by atoms with Gasteiger partial charge in [0.25, 0.3) is 0 Å². The quantitative estimate of drug-likeness (QED) is 0.796. The second-order valence-electron chi connectivity index (χ2n) is 4.85. The maximum Gasteiger partial charge on any atom is 0.432 e. The second kappa shape index (κ2) is 5.56. The molecule has 0 aliphatic carbocycles. The summed E-state index contributed by atoms with van der Waals surface area (Å²) >= 11 is 5.91. The standard InChI is InChI=1S/C15H14ClF3N2/c1-8-6-11(16)4-5-12(8)9(2)10(3)14-20-7-13(21-14)15(17,18)19/h4-7H,1-3H3,(H,20,21)/b10-9-. The summed E-state index contributed by atoms with van der Waals surface area (Å²) in [6.07, 6.45) is -3.61. The van der Waals surface area contributed by atoms with Crippen LogP contribution in [0.2, 0.25) is 5.02 Å². The number of halogens is 4. The Balaban J connectivity index is 2.45. The molecule has 0 radical (unpaired) electrons. The van der Waals surface area contributed by atoms with Crippen molar-refractivity contribution in [3.8, 4) is 0 Å². The Morgan fingerprint density at radius 3 is 2.38 bits per heavy atom. The first-order valence-electron chi connectivity index (χ1n) is 6.26. The number of nitrogens with zero attached hydrogens (tertiary/aromatic N) is 1. The fourth-order valence-corrected chi connectivity index (χ4v) is 2.31. The summed E-state index contributed by atoms with van der Waals surface area (Å²) in [5.74, 6) is 0.217. The van der Waals surface area contributed by atoms with Crippen LogP contribution in [0.5, 0.6) is 0 Å². The number of hydrogen-bond acceptors (Lipinski definition) is 1. The highest BCUT2D eigenvalue weighted by Crippen LogP contribution is 2.31. The number of nitrogens with one attached hydrogen (secondary N) is 1. The molecule has 0 bridgehead atoms. The molecule has 1 heterocycles. The molecule has 0 unspecified atom stereocenters. The minimum Gasteiger partial charge on any atom is -0.335 e. The fourth-order valence-electron chi connectivity index (χ4n) is 2.08. The van der Waals surface area contributed by atoms with Crippen LogP contribution in [0.4, 0.5) is 13.2 Å². The van der Waals surface area contributed by atoms with E-state index in [-0.39, 0.29) is 5.82 Å². The van der Waals surface area contributed by atoms with Crippen LogP contribution >= 0.6 is 11.6 Å². The molecule has 0 aliphatic heterocycles. The maximum absolute atomic E-state index is 12.6. The number of imidazole rings is 1. The predicted octanol–water partition coefficient (Wildman–Crippen LogP) is 5.34. The van der Waals surface area contributed by atoms with Crippen LogP contribution in [0.3, 0.4) is 0 Å². The van der Waals surface area contributed by atoms with Crippen molar-refractivity contribution in [2.24, 2.45) is 0 Å². The van der Waals surface area contributed by atoms with Gasteiger partial charge in [-0.25, -0.2) is 4.98 Å². The fraction of sp³-hybridized carbons (Fsp3) is 0.267. The van der Waals surface area contributed by atoms with E-state index in [0.29, 0.717) is 10.6 Å². The Kier molecular flexibility index (Phi) is 4.14.